The molecule has 21 heavy (non-hydrogen) atoms. The minimum Gasteiger partial charge on any atom is -0.485 e. The quantitative estimate of drug-likeness (QED) is 0.638. The molecule has 106 valence electrons. The van der Waals surface area contributed by atoms with Gasteiger partial charge in [-0.2, -0.15) is 0 Å². The molecule has 0 saturated carbocycles. The van der Waals surface area contributed by atoms with Crippen LogP contribution in [0.3, 0.4) is 0 Å². The molecular formula is C15H9Cl2NO2S. The molecule has 0 atom stereocenters. The van der Waals surface area contributed by atoms with Gasteiger partial charge in [-0.25, -0.2) is 0 Å². The molecule has 2 heterocycles. The summed E-state index contributed by atoms with van der Waals surface area (Å²) in [5.74, 6) is 0.412. The van der Waals surface area contributed by atoms with Crippen molar-refractivity contribution in [1.29, 1.82) is 0 Å². The van der Waals surface area contributed by atoms with Crippen LogP contribution in [0.4, 0.5) is 0 Å². The van der Waals surface area contributed by atoms with E-state index in [1.54, 1.807) is 18.3 Å². The highest BCUT2D eigenvalue weighted by Crippen LogP contribution is 2.31. The molecule has 3 nitrogen and oxygen atoms in total. The van der Waals surface area contributed by atoms with Crippen LogP contribution in [0.15, 0.2) is 42.6 Å². The largest absolute Gasteiger partial charge is 0.485 e. The van der Waals surface area contributed by atoms with Crippen LogP contribution in [-0.2, 0) is 0 Å². The van der Waals surface area contributed by atoms with Crippen molar-refractivity contribution >= 4 is 51.2 Å². The van der Waals surface area contributed by atoms with Crippen LogP contribution in [0.25, 0.3) is 10.9 Å². The van der Waals surface area contributed by atoms with Gasteiger partial charge in [0, 0.05) is 11.6 Å². The summed E-state index contributed by atoms with van der Waals surface area (Å²) in [6.07, 6.45) is 1.71. The van der Waals surface area contributed by atoms with Gasteiger partial charge >= 0.3 is 0 Å². The number of pyridine rings is 1. The number of hydrogen-bond donors (Lipinski definition) is 0. The molecular weight excluding hydrogens is 329 g/mol. The number of nitrogens with zero attached hydrogens (tertiary/aromatic N) is 1. The Bertz CT molecular complexity index is 811. The van der Waals surface area contributed by atoms with Crippen LogP contribution in [0.5, 0.6) is 5.75 Å². The van der Waals surface area contributed by atoms with Crippen molar-refractivity contribution in [3.63, 3.8) is 0 Å². The molecule has 0 aliphatic heterocycles. The Kier molecular flexibility index (Phi) is 4.10. The van der Waals surface area contributed by atoms with Crippen LogP contribution in [-0.4, -0.2) is 17.4 Å². The minimum atomic E-state index is -0.205. The van der Waals surface area contributed by atoms with Gasteiger partial charge < -0.3 is 4.74 Å². The molecule has 2 aromatic heterocycles. The van der Waals surface area contributed by atoms with Crippen molar-refractivity contribution in [2.75, 3.05) is 6.61 Å². The maximum Gasteiger partial charge on any atom is 0.202 e. The molecule has 0 amide bonds. The predicted molar refractivity (Wildman–Crippen MR) is 85.9 cm³/mol. The number of rotatable bonds is 4. The highest BCUT2D eigenvalue weighted by Gasteiger charge is 2.15. The third-order valence-electron chi connectivity index (χ3n) is 2.92. The topological polar surface area (TPSA) is 39.2 Å². The Balaban J connectivity index is 1.81. The number of ketones is 1. The molecule has 0 N–H and O–H groups in total. The summed E-state index contributed by atoms with van der Waals surface area (Å²) in [6.45, 7) is -0.0964. The van der Waals surface area contributed by atoms with Gasteiger partial charge in [0.05, 0.1) is 15.4 Å². The number of benzene rings is 1. The van der Waals surface area contributed by atoms with Gasteiger partial charge in [-0.05, 0) is 30.3 Å². The third kappa shape index (κ3) is 3.02. The first kappa shape index (κ1) is 14.3. The molecule has 1 aromatic carbocycles. The normalized spacial score (nSPS) is 10.8. The van der Waals surface area contributed by atoms with E-state index >= 15 is 0 Å². The lowest BCUT2D eigenvalue weighted by Crippen LogP contribution is -2.11. The Hall–Kier alpha value is -1.62. The van der Waals surface area contributed by atoms with Crippen molar-refractivity contribution in [2.24, 2.45) is 0 Å². The third-order valence-corrected chi connectivity index (χ3v) is 4.41. The zero-order valence-corrected chi connectivity index (χ0v) is 13.0. The molecule has 0 unspecified atom stereocenters. The van der Waals surface area contributed by atoms with Crippen molar-refractivity contribution in [1.82, 2.24) is 4.98 Å². The van der Waals surface area contributed by atoms with Gasteiger partial charge in [-0.3, -0.25) is 9.78 Å². The number of ether oxygens (including phenoxy) is 1. The Morgan fingerprint density at radius 2 is 2.10 bits per heavy atom. The number of hydrogen-bond acceptors (Lipinski definition) is 4. The van der Waals surface area contributed by atoms with Crippen LogP contribution >= 0.6 is 34.5 Å². The summed E-state index contributed by atoms with van der Waals surface area (Å²) in [5.41, 5.74) is 1.21. The zero-order chi connectivity index (χ0) is 14.8. The molecule has 6 heteroatoms. The van der Waals surface area contributed by atoms with E-state index in [0.717, 1.165) is 10.9 Å². The van der Waals surface area contributed by atoms with Gasteiger partial charge in [0.2, 0.25) is 5.78 Å². The number of Topliss-reactive ketones (excluding diaryl/α,β-unsaturated/α-hetero) is 1. The fourth-order valence-corrected chi connectivity index (χ4v) is 3.45. The average Bonchev–Trinajstić information content (AvgIpc) is 2.83. The number of fused-ring (bicyclic) bond motifs is 1. The number of halogens is 2. The SMILES string of the molecule is O=C(COc1cccc2ncccc12)c1cc(Cl)sc1Cl. The lowest BCUT2D eigenvalue weighted by atomic mass is 10.2. The Morgan fingerprint density at radius 3 is 2.86 bits per heavy atom. The smallest absolute Gasteiger partial charge is 0.202 e. The summed E-state index contributed by atoms with van der Waals surface area (Å²) < 4.78 is 6.48. The van der Waals surface area contributed by atoms with Crippen LogP contribution in [0.2, 0.25) is 8.67 Å². The van der Waals surface area contributed by atoms with Gasteiger partial charge in [-0.1, -0.05) is 29.3 Å². The first-order chi connectivity index (χ1) is 10.1. The molecule has 3 rings (SSSR count). The van der Waals surface area contributed by atoms with Crippen molar-refractivity contribution in [3.05, 3.63) is 56.8 Å². The van der Waals surface area contributed by atoms with E-state index in [1.807, 2.05) is 24.3 Å². The second-order valence-corrected chi connectivity index (χ2v) is 6.56. The van der Waals surface area contributed by atoms with E-state index in [4.69, 9.17) is 27.9 Å². The van der Waals surface area contributed by atoms with E-state index in [1.165, 1.54) is 11.3 Å². The van der Waals surface area contributed by atoms with Gasteiger partial charge in [0.25, 0.3) is 0 Å². The van der Waals surface area contributed by atoms with Crippen LogP contribution < -0.4 is 4.74 Å². The summed E-state index contributed by atoms with van der Waals surface area (Å²) in [7, 11) is 0. The summed E-state index contributed by atoms with van der Waals surface area (Å²) in [4.78, 5) is 16.4. The van der Waals surface area contributed by atoms with Crippen LogP contribution in [0.1, 0.15) is 10.4 Å². The van der Waals surface area contributed by atoms with Gasteiger partial charge in [0.1, 0.15) is 10.1 Å². The second-order valence-electron chi connectivity index (χ2n) is 4.28. The second kappa shape index (κ2) is 6.02. The van der Waals surface area contributed by atoms with E-state index < -0.39 is 0 Å². The fraction of sp³-hybridized carbons (Fsp3) is 0.0667. The fourth-order valence-electron chi connectivity index (χ4n) is 1.95. The monoisotopic (exact) mass is 337 g/mol. The standard InChI is InChI=1S/C15H9Cl2NO2S/c16-14-7-10(15(17)21-14)12(19)8-20-13-5-1-4-11-9(13)3-2-6-18-11/h1-7H,8H2. The van der Waals surface area contributed by atoms with Crippen molar-refractivity contribution in [3.8, 4) is 5.75 Å². The average molecular weight is 338 g/mol. The molecule has 0 saturated heterocycles. The molecule has 3 aromatic rings. The Labute approximate surface area is 135 Å². The maximum atomic E-state index is 12.1. The number of carbonyl (C=O) groups excluding carboxylic acids is 1. The first-order valence-corrected chi connectivity index (χ1v) is 7.67. The van der Waals surface area contributed by atoms with E-state index in [9.17, 15) is 4.79 Å². The van der Waals surface area contributed by atoms with E-state index in [0.29, 0.717) is 20.0 Å². The zero-order valence-electron chi connectivity index (χ0n) is 10.7. The Morgan fingerprint density at radius 1 is 1.24 bits per heavy atom. The van der Waals surface area contributed by atoms with Gasteiger partial charge in [0.15, 0.2) is 6.61 Å². The lowest BCUT2D eigenvalue weighted by Gasteiger charge is -2.07. The summed E-state index contributed by atoms with van der Waals surface area (Å²) in [5, 5.41) is 0.863. The molecule has 0 aliphatic carbocycles. The lowest BCUT2D eigenvalue weighted by molar-refractivity contribution is 0.0923. The first-order valence-electron chi connectivity index (χ1n) is 6.10. The molecule has 0 radical (unpaired) electrons. The predicted octanol–water partition coefficient (Wildman–Crippen LogP) is 4.86. The number of carbonyl (C=O) groups is 1. The van der Waals surface area contributed by atoms with Crippen molar-refractivity contribution in [2.45, 2.75) is 0 Å². The summed E-state index contributed by atoms with van der Waals surface area (Å²) in [6, 6.07) is 10.8. The minimum absolute atomic E-state index is 0.0964. The molecule has 0 fully saturated rings. The number of aromatic nitrogens is 1. The van der Waals surface area contributed by atoms with Gasteiger partial charge in [-0.15, -0.1) is 11.3 Å². The highest BCUT2D eigenvalue weighted by molar-refractivity contribution is 7.20. The maximum absolute atomic E-state index is 12.1. The van der Waals surface area contributed by atoms with E-state index in [2.05, 4.69) is 4.98 Å². The highest BCUT2D eigenvalue weighted by atomic mass is 35.5. The molecule has 0 spiro atoms. The summed E-state index contributed by atoms with van der Waals surface area (Å²) >= 11 is 13.0. The molecule has 0 bridgehead atoms. The number of thiophene rings is 1. The van der Waals surface area contributed by atoms with Crippen molar-refractivity contribution < 1.29 is 9.53 Å². The van der Waals surface area contributed by atoms with Crippen LogP contribution in [0, 0.1) is 0 Å². The molecule has 0 aliphatic rings. The van der Waals surface area contributed by atoms with E-state index in [-0.39, 0.29) is 12.4 Å².